The largest absolute Gasteiger partial charge is 0.421 e. The van der Waals surface area contributed by atoms with Gasteiger partial charge in [-0.1, -0.05) is 19.3 Å². The lowest BCUT2D eigenvalue weighted by atomic mass is 9.95. The van der Waals surface area contributed by atoms with Gasteiger partial charge in [-0.3, -0.25) is 4.79 Å². The molecule has 2 heterocycles. The first-order valence-electron chi connectivity index (χ1n) is 8.51. The quantitative estimate of drug-likeness (QED) is 0.783. The normalized spacial score (nSPS) is 21.4. The predicted octanol–water partition coefficient (Wildman–Crippen LogP) is 2.79. The average Bonchev–Trinajstić information content (AvgIpc) is 3.22. The fourth-order valence-corrected chi connectivity index (χ4v) is 3.78. The Morgan fingerprint density at radius 2 is 2.21 bits per heavy atom. The first-order chi connectivity index (χ1) is 11.8. The number of amides is 1. The highest BCUT2D eigenvalue weighted by Crippen LogP contribution is 2.23. The molecular weight excluding hydrogens is 326 g/mol. The van der Waals surface area contributed by atoms with Gasteiger partial charge >= 0.3 is 0 Å². The van der Waals surface area contributed by atoms with Crippen LogP contribution in [0.1, 0.15) is 44.4 Å². The summed E-state index contributed by atoms with van der Waals surface area (Å²) in [7, 11) is 0. The van der Waals surface area contributed by atoms with Crippen LogP contribution in [0, 0.1) is 5.92 Å². The summed E-state index contributed by atoms with van der Waals surface area (Å²) in [5, 5.41) is 24.5. The summed E-state index contributed by atoms with van der Waals surface area (Å²) in [6.07, 6.45) is 6.09. The van der Waals surface area contributed by atoms with Crippen molar-refractivity contribution in [2.75, 3.05) is 6.61 Å². The lowest BCUT2D eigenvalue weighted by Crippen LogP contribution is -2.41. The Hall–Kier alpha value is -1.73. The molecule has 24 heavy (non-hydrogen) atoms. The third-order valence-corrected chi connectivity index (χ3v) is 5.22. The zero-order valence-electron chi connectivity index (χ0n) is 13.6. The van der Waals surface area contributed by atoms with E-state index in [1.165, 1.54) is 6.42 Å². The van der Waals surface area contributed by atoms with Gasteiger partial charge in [-0.15, -0.1) is 10.2 Å². The minimum Gasteiger partial charge on any atom is -0.421 e. The Kier molecular flexibility index (Phi) is 5.98. The minimum absolute atomic E-state index is 0.0179. The van der Waals surface area contributed by atoms with Gasteiger partial charge in [-0.2, -0.15) is 11.3 Å². The summed E-state index contributed by atoms with van der Waals surface area (Å²) < 4.78 is 5.60. The maximum absolute atomic E-state index is 12.2. The number of carbonyl (C=O) groups is 1. The molecule has 0 saturated heterocycles. The van der Waals surface area contributed by atoms with Gasteiger partial charge in [0.05, 0.1) is 0 Å². The summed E-state index contributed by atoms with van der Waals surface area (Å²) in [6, 6.07) is 2.00. The van der Waals surface area contributed by atoms with Crippen molar-refractivity contribution in [2.24, 2.45) is 5.92 Å². The van der Waals surface area contributed by atoms with E-state index in [2.05, 4.69) is 15.5 Å². The van der Waals surface area contributed by atoms with Gasteiger partial charge in [0.1, 0.15) is 0 Å². The zero-order chi connectivity index (χ0) is 16.8. The van der Waals surface area contributed by atoms with Gasteiger partial charge in [0.15, 0.2) is 0 Å². The second-order valence-corrected chi connectivity index (χ2v) is 7.05. The molecule has 1 amide bonds. The summed E-state index contributed by atoms with van der Waals surface area (Å²) >= 11 is 1.57. The summed E-state index contributed by atoms with van der Waals surface area (Å²) in [5.41, 5.74) is 0.910. The third-order valence-electron chi connectivity index (χ3n) is 4.54. The van der Waals surface area contributed by atoms with Crippen LogP contribution in [0.3, 0.4) is 0 Å². The molecule has 2 aromatic rings. The van der Waals surface area contributed by atoms with Crippen LogP contribution in [0.15, 0.2) is 21.2 Å². The van der Waals surface area contributed by atoms with E-state index in [9.17, 15) is 9.90 Å². The standard InChI is InChI=1S/C17H23N3O3S/c21-10-12-4-2-1-3-5-14(12)18-15(22)6-7-16-19-20-17(23-16)13-8-9-24-11-13/h8-9,11-12,14,21H,1-7,10H2,(H,18,22). The Balaban J connectivity index is 1.50. The summed E-state index contributed by atoms with van der Waals surface area (Å²) in [5.74, 6) is 1.13. The lowest BCUT2D eigenvalue weighted by Gasteiger charge is -2.24. The topological polar surface area (TPSA) is 88.2 Å². The monoisotopic (exact) mass is 349 g/mol. The molecule has 0 spiro atoms. The van der Waals surface area contributed by atoms with E-state index in [1.807, 2.05) is 16.8 Å². The molecule has 3 rings (SSSR count). The van der Waals surface area contributed by atoms with Crippen LogP contribution in [-0.2, 0) is 11.2 Å². The van der Waals surface area contributed by atoms with Gasteiger partial charge < -0.3 is 14.8 Å². The Bertz CT molecular complexity index is 641. The molecule has 130 valence electrons. The number of nitrogens with one attached hydrogen (secondary N) is 1. The maximum Gasteiger partial charge on any atom is 0.248 e. The number of aromatic nitrogens is 2. The summed E-state index contributed by atoms with van der Waals surface area (Å²) in [6.45, 7) is 0.138. The molecule has 0 aliphatic heterocycles. The molecule has 2 N–H and O–H groups in total. The third kappa shape index (κ3) is 4.42. The van der Waals surface area contributed by atoms with Crippen LogP contribution in [0.5, 0.6) is 0 Å². The van der Waals surface area contributed by atoms with Crippen molar-refractivity contribution in [1.82, 2.24) is 15.5 Å². The number of rotatable bonds is 6. The van der Waals surface area contributed by atoms with Crippen LogP contribution < -0.4 is 5.32 Å². The molecular formula is C17H23N3O3S. The van der Waals surface area contributed by atoms with Gasteiger partial charge in [0.2, 0.25) is 17.7 Å². The zero-order valence-corrected chi connectivity index (χ0v) is 14.4. The molecule has 2 atom stereocenters. The highest BCUT2D eigenvalue weighted by Gasteiger charge is 2.24. The second-order valence-electron chi connectivity index (χ2n) is 6.27. The fraction of sp³-hybridized carbons (Fsp3) is 0.588. The molecule has 0 bridgehead atoms. The van der Waals surface area contributed by atoms with E-state index in [-0.39, 0.29) is 24.5 Å². The number of aliphatic hydroxyl groups excluding tert-OH is 1. The number of thiophene rings is 1. The van der Waals surface area contributed by atoms with E-state index in [0.29, 0.717) is 24.6 Å². The van der Waals surface area contributed by atoms with Gasteiger partial charge in [-0.05, 0) is 24.3 Å². The van der Waals surface area contributed by atoms with Crippen molar-refractivity contribution >= 4 is 17.2 Å². The van der Waals surface area contributed by atoms with E-state index in [1.54, 1.807) is 11.3 Å². The van der Waals surface area contributed by atoms with Gasteiger partial charge in [0, 0.05) is 42.4 Å². The minimum atomic E-state index is -0.0179. The highest BCUT2D eigenvalue weighted by molar-refractivity contribution is 7.08. The first-order valence-corrected chi connectivity index (χ1v) is 9.45. The van der Waals surface area contributed by atoms with Crippen molar-refractivity contribution in [3.05, 3.63) is 22.7 Å². The van der Waals surface area contributed by atoms with Crippen LogP contribution >= 0.6 is 11.3 Å². The molecule has 1 aliphatic carbocycles. The van der Waals surface area contributed by atoms with E-state index >= 15 is 0 Å². The fourth-order valence-electron chi connectivity index (χ4n) is 3.15. The maximum atomic E-state index is 12.2. The van der Waals surface area contributed by atoms with Crippen LogP contribution in [0.2, 0.25) is 0 Å². The van der Waals surface area contributed by atoms with Gasteiger partial charge in [0.25, 0.3) is 0 Å². The molecule has 2 aromatic heterocycles. The number of carbonyl (C=O) groups excluding carboxylic acids is 1. The van der Waals surface area contributed by atoms with Crippen molar-refractivity contribution in [3.63, 3.8) is 0 Å². The first kappa shape index (κ1) is 17.1. The average molecular weight is 349 g/mol. The Morgan fingerprint density at radius 1 is 1.33 bits per heavy atom. The summed E-state index contributed by atoms with van der Waals surface area (Å²) in [4.78, 5) is 12.2. The SMILES string of the molecule is O=C(CCc1nnc(-c2ccsc2)o1)NC1CCCCCC1CO. The lowest BCUT2D eigenvalue weighted by molar-refractivity contribution is -0.122. The Morgan fingerprint density at radius 3 is 3.00 bits per heavy atom. The van der Waals surface area contributed by atoms with Gasteiger partial charge in [-0.25, -0.2) is 0 Å². The number of nitrogens with zero attached hydrogens (tertiary/aromatic N) is 2. The van der Waals surface area contributed by atoms with E-state index < -0.39 is 0 Å². The van der Waals surface area contributed by atoms with Crippen LogP contribution in [-0.4, -0.2) is 33.9 Å². The molecule has 2 unspecified atom stereocenters. The number of aryl methyl sites for hydroxylation is 1. The molecule has 6 nitrogen and oxygen atoms in total. The van der Waals surface area contributed by atoms with Crippen LogP contribution in [0.25, 0.3) is 11.5 Å². The van der Waals surface area contributed by atoms with Crippen molar-refractivity contribution in [2.45, 2.75) is 51.0 Å². The smallest absolute Gasteiger partial charge is 0.248 e. The highest BCUT2D eigenvalue weighted by atomic mass is 32.1. The molecule has 7 heteroatoms. The molecule has 0 aromatic carbocycles. The number of hydrogen-bond donors (Lipinski definition) is 2. The van der Waals surface area contributed by atoms with E-state index in [4.69, 9.17) is 4.42 Å². The number of aliphatic hydroxyl groups is 1. The predicted molar refractivity (Wildman–Crippen MR) is 91.5 cm³/mol. The molecule has 1 fully saturated rings. The second kappa shape index (κ2) is 8.39. The molecule has 0 radical (unpaired) electrons. The van der Waals surface area contributed by atoms with E-state index in [0.717, 1.165) is 31.2 Å². The van der Waals surface area contributed by atoms with Crippen molar-refractivity contribution in [1.29, 1.82) is 0 Å². The molecule has 1 aliphatic rings. The Labute approximate surface area is 145 Å². The number of hydrogen-bond acceptors (Lipinski definition) is 6. The van der Waals surface area contributed by atoms with Crippen molar-refractivity contribution < 1.29 is 14.3 Å². The van der Waals surface area contributed by atoms with Crippen LogP contribution in [0.4, 0.5) is 0 Å². The van der Waals surface area contributed by atoms with Crippen molar-refractivity contribution in [3.8, 4) is 11.5 Å². The molecule has 1 saturated carbocycles.